The van der Waals surface area contributed by atoms with Gasteiger partial charge in [-0.1, -0.05) is 49.4 Å². The number of aryl methyl sites for hydroxylation is 1. The molecule has 2 unspecified atom stereocenters. The summed E-state index contributed by atoms with van der Waals surface area (Å²) in [6.07, 6.45) is 1.05. The summed E-state index contributed by atoms with van der Waals surface area (Å²) >= 11 is 1.35. The summed E-state index contributed by atoms with van der Waals surface area (Å²) in [5, 5.41) is 15.0. The number of oxazole rings is 1. The van der Waals surface area contributed by atoms with Gasteiger partial charge in [-0.05, 0) is 64.9 Å². The lowest BCUT2D eigenvalue weighted by atomic mass is 9.89. The van der Waals surface area contributed by atoms with E-state index in [-0.39, 0.29) is 30.7 Å². The Balaban J connectivity index is 1.12. The first kappa shape index (κ1) is 29.1. The molecule has 3 heterocycles. The summed E-state index contributed by atoms with van der Waals surface area (Å²) in [5.41, 5.74) is 5.71. The van der Waals surface area contributed by atoms with E-state index >= 15 is 0 Å². The highest BCUT2D eigenvalue weighted by molar-refractivity contribution is 7.12. The highest BCUT2D eigenvalue weighted by atomic mass is 32.1. The third-order valence-corrected chi connectivity index (χ3v) is 9.04. The number of anilines is 3. The van der Waals surface area contributed by atoms with Crippen molar-refractivity contribution in [3.05, 3.63) is 106 Å². The van der Waals surface area contributed by atoms with Crippen LogP contribution in [0.5, 0.6) is 0 Å². The van der Waals surface area contributed by atoms with Crippen molar-refractivity contribution in [3.8, 4) is 0 Å². The highest BCUT2D eigenvalue weighted by Gasteiger charge is 2.40. The SMILES string of the molecule is CCc1ccccc1Nc1nc2ccc(CC(=O)N(C)c3ccc(C4CN(C(=O)c5cccs5)CC4C(=O)O)cc3)cc2o1. The van der Waals surface area contributed by atoms with Crippen LogP contribution in [0.4, 0.5) is 17.4 Å². The number of benzene rings is 3. The maximum Gasteiger partial charge on any atom is 0.308 e. The van der Waals surface area contributed by atoms with Crippen LogP contribution < -0.4 is 10.2 Å². The van der Waals surface area contributed by atoms with Gasteiger partial charge < -0.3 is 24.6 Å². The maximum atomic E-state index is 13.2. The minimum Gasteiger partial charge on any atom is -0.481 e. The number of thiophene rings is 1. The molecule has 9 nitrogen and oxygen atoms in total. The van der Waals surface area contributed by atoms with Crippen molar-refractivity contribution in [1.29, 1.82) is 0 Å². The number of amides is 2. The fourth-order valence-corrected chi connectivity index (χ4v) is 6.39. The van der Waals surface area contributed by atoms with E-state index in [0.717, 1.165) is 28.8 Å². The Morgan fingerprint density at radius 2 is 1.84 bits per heavy atom. The molecule has 2 N–H and O–H groups in total. The molecule has 10 heteroatoms. The molecule has 3 aromatic carbocycles. The van der Waals surface area contributed by atoms with E-state index in [2.05, 4.69) is 23.3 Å². The van der Waals surface area contributed by atoms with Gasteiger partial charge in [0, 0.05) is 37.4 Å². The number of carbonyl (C=O) groups is 3. The van der Waals surface area contributed by atoms with Gasteiger partial charge in [0.25, 0.3) is 11.9 Å². The number of fused-ring (bicyclic) bond motifs is 1. The van der Waals surface area contributed by atoms with Crippen molar-refractivity contribution in [2.24, 2.45) is 5.92 Å². The molecular weight excluding hydrogens is 576 g/mol. The molecule has 224 valence electrons. The number of hydrogen-bond donors (Lipinski definition) is 2. The number of carbonyl (C=O) groups excluding carboxylic acids is 2. The number of aromatic nitrogens is 1. The lowest BCUT2D eigenvalue weighted by Crippen LogP contribution is -2.29. The Morgan fingerprint density at radius 3 is 2.57 bits per heavy atom. The van der Waals surface area contributed by atoms with Crippen LogP contribution in [0, 0.1) is 5.92 Å². The number of likely N-dealkylation sites (N-methyl/N-ethyl adjacent to an activating group) is 1. The van der Waals surface area contributed by atoms with Crippen LogP contribution in [0.2, 0.25) is 0 Å². The summed E-state index contributed by atoms with van der Waals surface area (Å²) < 4.78 is 5.96. The number of aliphatic carboxylic acids is 1. The highest BCUT2D eigenvalue weighted by Crippen LogP contribution is 2.35. The topological polar surface area (TPSA) is 116 Å². The molecule has 1 aliphatic rings. The number of rotatable bonds is 9. The molecule has 0 saturated carbocycles. The molecule has 0 radical (unpaired) electrons. The fourth-order valence-electron chi connectivity index (χ4n) is 5.69. The molecule has 1 aliphatic heterocycles. The molecule has 0 bridgehead atoms. The van der Waals surface area contributed by atoms with E-state index in [1.165, 1.54) is 11.3 Å². The first-order chi connectivity index (χ1) is 21.3. The lowest BCUT2D eigenvalue weighted by Gasteiger charge is -2.20. The molecule has 0 aliphatic carbocycles. The molecule has 2 atom stereocenters. The van der Waals surface area contributed by atoms with E-state index in [0.29, 0.717) is 34.2 Å². The standard InChI is InChI=1S/C34H32N4O5S/c1-3-22-7-4-5-8-27(22)35-34-36-28-15-10-21(17-29(28)43-34)18-31(39)37(2)24-13-11-23(12-14-24)25-19-38(20-26(25)33(41)42)32(40)30-9-6-16-44-30/h4-17,25-26H,3,18-20H2,1-2H3,(H,35,36)(H,41,42). The van der Waals surface area contributed by atoms with Crippen molar-refractivity contribution in [2.75, 3.05) is 30.4 Å². The first-order valence-corrected chi connectivity index (χ1v) is 15.3. The van der Waals surface area contributed by atoms with Gasteiger partial charge in [0.05, 0.1) is 17.2 Å². The number of carboxylic acids is 1. The Kier molecular flexibility index (Phi) is 8.17. The van der Waals surface area contributed by atoms with E-state index in [1.807, 2.05) is 72.1 Å². The normalized spacial score (nSPS) is 16.3. The number of carboxylic acid groups (broad SMARTS) is 1. The smallest absolute Gasteiger partial charge is 0.308 e. The Labute approximate surface area is 258 Å². The van der Waals surface area contributed by atoms with Crippen LogP contribution in [-0.2, 0) is 22.4 Å². The van der Waals surface area contributed by atoms with Gasteiger partial charge in [-0.2, -0.15) is 4.98 Å². The maximum absolute atomic E-state index is 13.2. The van der Waals surface area contributed by atoms with Crippen molar-refractivity contribution in [2.45, 2.75) is 25.7 Å². The van der Waals surface area contributed by atoms with E-state index in [9.17, 15) is 19.5 Å². The van der Waals surface area contributed by atoms with Gasteiger partial charge >= 0.3 is 5.97 Å². The summed E-state index contributed by atoms with van der Waals surface area (Å²) in [5.74, 6) is -2.22. The average Bonchev–Trinajstić information content (AvgIpc) is 3.81. The van der Waals surface area contributed by atoms with E-state index in [1.54, 1.807) is 22.9 Å². The lowest BCUT2D eigenvalue weighted by molar-refractivity contribution is -0.141. The summed E-state index contributed by atoms with van der Waals surface area (Å²) in [4.78, 5) is 46.5. The van der Waals surface area contributed by atoms with Crippen LogP contribution in [0.15, 0.2) is 88.7 Å². The van der Waals surface area contributed by atoms with Crippen molar-refractivity contribution in [1.82, 2.24) is 9.88 Å². The van der Waals surface area contributed by atoms with Crippen LogP contribution in [-0.4, -0.2) is 52.9 Å². The van der Waals surface area contributed by atoms with Crippen molar-refractivity contribution >= 4 is 57.6 Å². The summed E-state index contributed by atoms with van der Waals surface area (Å²) in [6, 6.07) is 24.9. The van der Waals surface area contributed by atoms with Gasteiger partial charge in [-0.25, -0.2) is 0 Å². The fraction of sp³-hybridized carbons (Fsp3) is 0.235. The predicted molar refractivity (Wildman–Crippen MR) is 171 cm³/mol. The largest absolute Gasteiger partial charge is 0.481 e. The van der Waals surface area contributed by atoms with Gasteiger partial charge in [-0.15, -0.1) is 11.3 Å². The Bertz CT molecular complexity index is 1820. The molecule has 44 heavy (non-hydrogen) atoms. The molecule has 2 amide bonds. The number of nitrogens with zero attached hydrogens (tertiary/aromatic N) is 3. The van der Waals surface area contributed by atoms with Gasteiger partial charge in [0.2, 0.25) is 5.91 Å². The van der Waals surface area contributed by atoms with Gasteiger partial charge in [0.1, 0.15) is 5.52 Å². The third-order valence-electron chi connectivity index (χ3n) is 8.19. The summed E-state index contributed by atoms with van der Waals surface area (Å²) in [7, 11) is 1.72. The molecular formula is C34H32N4O5S. The van der Waals surface area contributed by atoms with Gasteiger partial charge in [0.15, 0.2) is 5.58 Å². The third kappa shape index (κ3) is 5.93. The zero-order chi connectivity index (χ0) is 30.8. The zero-order valence-corrected chi connectivity index (χ0v) is 25.2. The second-order valence-corrected chi connectivity index (χ2v) is 11.9. The molecule has 0 spiro atoms. The number of para-hydroxylation sites is 1. The van der Waals surface area contributed by atoms with Crippen molar-refractivity contribution in [3.63, 3.8) is 0 Å². The molecule has 1 saturated heterocycles. The Hall–Kier alpha value is -4.96. The molecule has 1 fully saturated rings. The minimum absolute atomic E-state index is 0.108. The first-order valence-electron chi connectivity index (χ1n) is 14.5. The van der Waals surface area contributed by atoms with Crippen molar-refractivity contribution < 1.29 is 23.9 Å². The second kappa shape index (κ2) is 12.3. The quantitative estimate of drug-likeness (QED) is 0.201. The van der Waals surface area contributed by atoms with Crippen LogP contribution in [0.25, 0.3) is 11.1 Å². The predicted octanol–water partition coefficient (Wildman–Crippen LogP) is 6.34. The Morgan fingerprint density at radius 1 is 1.05 bits per heavy atom. The zero-order valence-electron chi connectivity index (χ0n) is 24.4. The molecule has 5 aromatic rings. The number of nitrogens with one attached hydrogen (secondary N) is 1. The van der Waals surface area contributed by atoms with Crippen LogP contribution in [0.1, 0.15) is 39.2 Å². The van der Waals surface area contributed by atoms with Crippen LogP contribution >= 0.6 is 11.3 Å². The molecule has 2 aromatic heterocycles. The molecule has 6 rings (SSSR count). The summed E-state index contributed by atoms with van der Waals surface area (Å²) in [6.45, 7) is 2.58. The average molecular weight is 609 g/mol. The number of likely N-dealkylation sites (tertiary alicyclic amines) is 1. The minimum atomic E-state index is -0.926. The van der Waals surface area contributed by atoms with E-state index in [4.69, 9.17) is 4.42 Å². The number of hydrogen-bond acceptors (Lipinski definition) is 7. The monoisotopic (exact) mass is 608 g/mol. The van der Waals surface area contributed by atoms with E-state index < -0.39 is 11.9 Å². The van der Waals surface area contributed by atoms with Crippen LogP contribution in [0.3, 0.4) is 0 Å². The second-order valence-electron chi connectivity index (χ2n) is 10.9. The van der Waals surface area contributed by atoms with Gasteiger partial charge in [-0.3, -0.25) is 14.4 Å².